The van der Waals surface area contributed by atoms with Gasteiger partial charge in [-0.15, -0.1) is 0 Å². The Labute approximate surface area is 244 Å². The van der Waals surface area contributed by atoms with Gasteiger partial charge in [-0.05, 0) is 58.1 Å². The fraction of sp³-hybridized carbons (Fsp3) is 0.531. The first-order valence-corrected chi connectivity index (χ1v) is 14.6. The summed E-state index contributed by atoms with van der Waals surface area (Å²) in [4.78, 5) is 15.6. The lowest BCUT2D eigenvalue weighted by atomic mass is 9.87. The Hall–Kier alpha value is -3.08. The molecule has 0 saturated heterocycles. The van der Waals surface area contributed by atoms with E-state index in [1.165, 1.54) is 26.0 Å². The molecule has 4 rings (SSSR count). The van der Waals surface area contributed by atoms with Crippen LogP contribution >= 0.6 is 0 Å². The lowest BCUT2D eigenvalue weighted by Crippen LogP contribution is -2.48. The molecule has 3 aromatic rings. The molecule has 0 aliphatic carbocycles. The number of para-hydroxylation sites is 1. The van der Waals surface area contributed by atoms with Crippen molar-refractivity contribution in [2.75, 3.05) is 39.6 Å². The van der Waals surface area contributed by atoms with Crippen LogP contribution in [0, 0.1) is 11.6 Å². The van der Waals surface area contributed by atoms with Crippen LogP contribution in [0.2, 0.25) is 0 Å². The van der Waals surface area contributed by atoms with E-state index in [0.717, 1.165) is 35.7 Å². The van der Waals surface area contributed by atoms with Gasteiger partial charge >= 0.3 is 5.97 Å². The van der Waals surface area contributed by atoms with E-state index in [9.17, 15) is 9.18 Å². The summed E-state index contributed by atoms with van der Waals surface area (Å²) in [6, 6.07) is 9.22. The van der Waals surface area contributed by atoms with Crippen LogP contribution in [0.1, 0.15) is 69.3 Å². The number of hydrogen-bond donors (Lipinski definition) is 2. The molecule has 10 heteroatoms. The molecule has 1 aliphatic heterocycles. The SMILES string of the molecule is C[C@@H]1Cc2c([nH]c3ccccc23)[C@@H](c2c(F)cc(OCCCOCCCCCOCC(=O)O)cc2F)N1CC(C)(C)F. The van der Waals surface area contributed by atoms with Gasteiger partial charge in [0.15, 0.2) is 0 Å². The van der Waals surface area contributed by atoms with Gasteiger partial charge in [0.25, 0.3) is 0 Å². The molecule has 0 unspecified atom stereocenters. The summed E-state index contributed by atoms with van der Waals surface area (Å²) in [5.41, 5.74) is 0.887. The van der Waals surface area contributed by atoms with Gasteiger partial charge in [-0.1, -0.05) is 18.2 Å². The molecule has 2 aromatic carbocycles. The summed E-state index contributed by atoms with van der Waals surface area (Å²) in [5.74, 6) is -2.36. The van der Waals surface area contributed by atoms with Crippen LogP contribution in [0.4, 0.5) is 13.2 Å². The molecule has 7 nitrogen and oxygen atoms in total. The molecule has 42 heavy (non-hydrogen) atoms. The molecule has 0 amide bonds. The van der Waals surface area contributed by atoms with Gasteiger partial charge in [-0.25, -0.2) is 18.0 Å². The molecule has 2 atom stereocenters. The fourth-order valence-electron chi connectivity index (χ4n) is 5.60. The number of carboxylic acid groups (broad SMARTS) is 1. The highest BCUT2D eigenvalue weighted by Crippen LogP contribution is 2.43. The van der Waals surface area contributed by atoms with E-state index in [4.69, 9.17) is 19.3 Å². The zero-order valence-corrected chi connectivity index (χ0v) is 24.6. The monoisotopic (exact) mass is 590 g/mol. The van der Waals surface area contributed by atoms with Crippen molar-refractivity contribution in [1.29, 1.82) is 0 Å². The summed E-state index contributed by atoms with van der Waals surface area (Å²) < 4.78 is 62.6. The van der Waals surface area contributed by atoms with Gasteiger partial charge in [0, 0.05) is 73.1 Å². The highest BCUT2D eigenvalue weighted by molar-refractivity contribution is 5.85. The number of aliphatic carboxylic acids is 1. The fourth-order valence-corrected chi connectivity index (χ4v) is 5.60. The van der Waals surface area contributed by atoms with Crippen LogP contribution in [-0.4, -0.2) is 72.2 Å². The summed E-state index contributed by atoms with van der Waals surface area (Å²) in [5, 5.41) is 9.53. The second kappa shape index (κ2) is 14.4. The quantitative estimate of drug-likeness (QED) is 0.183. The van der Waals surface area contributed by atoms with Crippen molar-refractivity contribution in [3.8, 4) is 5.75 Å². The van der Waals surface area contributed by atoms with Crippen molar-refractivity contribution in [1.82, 2.24) is 9.88 Å². The molecule has 0 spiro atoms. The van der Waals surface area contributed by atoms with Gasteiger partial charge < -0.3 is 24.3 Å². The number of carboxylic acids is 1. The van der Waals surface area contributed by atoms with Crippen molar-refractivity contribution in [3.63, 3.8) is 0 Å². The normalized spacial score (nSPS) is 17.5. The Bertz CT molecular complexity index is 1320. The third-order valence-corrected chi connectivity index (χ3v) is 7.41. The van der Waals surface area contributed by atoms with E-state index in [1.807, 2.05) is 36.1 Å². The number of nitrogens with one attached hydrogen (secondary N) is 1. The Balaban J connectivity index is 1.38. The summed E-state index contributed by atoms with van der Waals surface area (Å²) in [7, 11) is 0. The molecular formula is C32H41F3N2O5. The van der Waals surface area contributed by atoms with Gasteiger partial charge in [-0.3, -0.25) is 4.90 Å². The minimum absolute atomic E-state index is 0.0171. The summed E-state index contributed by atoms with van der Waals surface area (Å²) in [6.07, 6.45) is 3.63. The molecule has 2 heterocycles. The van der Waals surface area contributed by atoms with Crippen molar-refractivity contribution in [3.05, 3.63) is 64.9 Å². The topological polar surface area (TPSA) is 84.0 Å². The Morgan fingerprint density at radius 3 is 2.38 bits per heavy atom. The third kappa shape index (κ3) is 8.26. The van der Waals surface area contributed by atoms with Crippen LogP contribution in [-0.2, 0) is 20.7 Å². The van der Waals surface area contributed by atoms with Crippen molar-refractivity contribution in [2.24, 2.45) is 0 Å². The standard InChI is InChI=1S/C32H41F3N2O5/c1-21-16-24-23-10-5-6-11-27(23)36-30(24)31(37(21)20-32(2,3)35)29-25(33)17-22(18-26(29)34)42-15-9-14-40-12-7-4-8-13-41-19-28(38)39/h5-6,10-11,17-18,21,31,36H,4,7-9,12-16,19-20H2,1-3H3,(H,38,39)/t21-,31-/m1/s1. The van der Waals surface area contributed by atoms with Crippen molar-refractivity contribution < 1.29 is 37.3 Å². The first-order chi connectivity index (χ1) is 20.0. The number of aromatic amines is 1. The molecule has 1 aromatic heterocycles. The Morgan fingerprint density at radius 1 is 1.02 bits per heavy atom. The summed E-state index contributed by atoms with van der Waals surface area (Å²) in [6.45, 7) is 6.29. The van der Waals surface area contributed by atoms with Crippen LogP contribution in [0.5, 0.6) is 5.75 Å². The van der Waals surface area contributed by atoms with E-state index < -0.39 is 29.3 Å². The van der Waals surface area contributed by atoms with E-state index in [-0.39, 0.29) is 37.1 Å². The van der Waals surface area contributed by atoms with Gasteiger partial charge in [0.1, 0.15) is 29.7 Å². The van der Waals surface area contributed by atoms with Gasteiger partial charge in [0.05, 0.1) is 12.6 Å². The maximum absolute atomic E-state index is 15.7. The van der Waals surface area contributed by atoms with E-state index in [0.29, 0.717) is 38.4 Å². The van der Waals surface area contributed by atoms with Crippen LogP contribution in [0.15, 0.2) is 36.4 Å². The van der Waals surface area contributed by atoms with Gasteiger partial charge in [0.2, 0.25) is 0 Å². The lowest BCUT2D eigenvalue weighted by molar-refractivity contribution is -0.142. The number of rotatable bonds is 16. The smallest absolute Gasteiger partial charge is 0.329 e. The number of H-pyrrole nitrogens is 1. The zero-order chi connectivity index (χ0) is 30.3. The van der Waals surface area contributed by atoms with Crippen LogP contribution < -0.4 is 4.74 Å². The van der Waals surface area contributed by atoms with Crippen molar-refractivity contribution in [2.45, 2.75) is 70.6 Å². The number of fused-ring (bicyclic) bond motifs is 3. The number of unbranched alkanes of at least 4 members (excludes halogenated alkanes) is 2. The number of ether oxygens (including phenoxy) is 3. The Kier molecular flexibility index (Phi) is 10.9. The number of alkyl halides is 1. The van der Waals surface area contributed by atoms with Crippen LogP contribution in [0.3, 0.4) is 0 Å². The number of nitrogens with zero attached hydrogens (tertiary/aromatic N) is 1. The van der Waals surface area contributed by atoms with Crippen LogP contribution in [0.25, 0.3) is 10.9 Å². The maximum atomic E-state index is 15.7. The predicted octanol–water partition coefficient (Wildman–Crippen LogP) is 6.59. The maximum Gasteiger partial charge on any atom is 0.329 e. The highest BCUT2D eigenvalue weighted by atomic mass is 19.1. The lowest BCUT2D eigenvalue weighted by Gasteiger charge is -2.43. The molecule has 1 aliphatic rings. The molecule has 2 N–H and O–H groups in total. The molecule has 0 saturated carbocycles. The van der Waals surface area contributed by atoms with E-state index >= 15 is 8.78 Å². The second-order valence-corrected chi connectivity index (χ2v) is 11.5. The third-order valence-electron chi connectivity index (χ3n) is 7.41. The van der Waals surface area contributed by atoms with E-state index in [1.54, 1.807) is 0 Å². The van der Waals surface area contributed by atoms with E-state index in [2.05, 4.69) is 4.98 Å². The Morgan fingerprint density at radius 2 is 1.69 bits per heavy atom. The molecule has 230 valence electrons. The minimum atomic E-state index is -1.57. The first kappa shape index (κ1) is 31.8. The predicted molar refractivity (Wildman–Crippen MR) is 155 cm³/mol. The average Bonchev–Trinajstić information content (AvgIpc) is 3.27. The molecule has 0 bridgehead atoms. The molecule has 0 fully saturated rings. The molecular weight excluding hydrogens is 549 g/mol. The summed E-state index contributed by atoms with van der Waals surface area (Å²) >= 11 is 0. The molecule has 0 radical (unpaired) electrons. The van der Waals surface area contributed by atoms with Crippen molar-refractivity contribution >= 4 is 16.9 Å². The largest absolute Gasteiger partial charge is 0.493 e. The number of aromatic nitrogens is 1. The number of carbonyl (C=O) groups is 1. The minimum Gasteiger partial charge on any atom is -0.493 e. The zero-order valence-electron chi connectivity index (χ0n) is 24.6. The highest BCUT2D eigenvalue weighted by Gasteiger charge is 2.41. The van der Waals surface area contributed by atoms with Gasteiger partial charge in [-0.2, -0.15) is 0 Å². The average molecular weight is 591 g/mol. The number of halogens is 3. The second-order valence-electron chi connectivity index (χ2n) is 11.5. The first-order valence-electron chi connectivity index (χ1n) is 14.6. The number of benzene rings is 2. The number of hydrogen-bond acceptors (Lipinski definition) is 5.